The fourth-order valence-corrected chi connectivity index (χ4v) is 19.4. The van der Waals surface area contributed by atoms with Gasteiger partial charge in [-0.3, -0.25) is 39.1 Å². The third kappa shape index (κ3) is 39.0. The molecule has 0 amide bonds. The van der Waals surface area contributed by atoms with Gasteiger partial charge in [0.1, 0.15) is 11.5 Å². The van der Waals surface area contributed by atoms with Crippen molar-refractivity contribution in [1.82, 2.24) is 19.9 Å². The van der Waals surface area contributed by atoms with Crippen LogP contribution in [-0.4, -0.2) is 104 Å². The van der Waals surface area contributed by atoms with Crippen LogP contribution >= 0.6 is 0 Å². The smallest absolute Gasteiger partial charge is 0.164 e. The Morgan fingerprint density at radius 3 is 1.09 bits per heavy atom. The van der Waals surface area contributed by atoms with E-state index in [1.54, 1.807) is 6.92 Å². The molecule has 0 aliphatic heterocycles. The average Bonchev–Trinajstić information content (AvgIpc) is 0.805. The largest absolute Gasteiger partial charge is 0.512 e. The number of carbonyl (C=O) groups is 4. The van der Waals surface area contributed by atoms with E-state index in [2.05, 4.69) is 328 Å². The van der Waals surface area contributed by atoms with Gasteiger partial charge in [0, 0.05) is 140 Å². The van der Waals surface area contributed by atoms with Gasteiger partial charge in [0.15, 0.2) is 23.1 Å². The molecule has 12 nitrogen and oxygen atoms in total. The molecule has 0 saturated heterocycles. The number of benzene rings is 8. The summed E-state index contributed by atoms with van der Waals surface area (Å²) in [5, 5.41) is 49.3. The molecule has 4 radical (unpaired) electrons. The summed E-state index contributed by atoms with van der Waals surface area (Å²) in [5.74, 6) is 0.582. The maximum Gasteiger partial charge on any atom is 0.164 e. The molecule has 750 valence electrons. The first-order valence-corrected chi connectivity index (χ1v) is 64.4. The van der Waals surface area contributed by atoms with E-state index in [4.69, 9.17) is 25.0 Å². The molecule has 138 heavy (non-hydrogen) atoms. The van der Waals surface area contributed by atoms with Crippen LogP contribution in [0.1, 0.15) is 170 Å². The van der Waals surface area contributed by atoms with Crippen molar-refractivity contribution in [3.8, 4) is 45.0 Å². The Morgan fingerprint density at radius 2 is 0.746 bits per heavy atom. The van der Waals surface area contributed by atoms with Gasteiger partial charge in [-0.05, 0) is 122 Å². The van der Waals surface area contributed by atoms with Crippen LogP contribution in [0, 0.1) is 87.5 Å². The number of allylic oxidation sites excluding steroid dienone is 8. The standard InChI is InChI=1S/C22H28NSi2.2C20H22NSi.C19H20NSi.2C11H20O2.C8H12O2.C6H10O2.4Ir/c1-16-14-18-15-20(25(5,6)7)12-13-21(18)23-22(16)17-8-10-19(11-9-17)24(2,3)4;1-14-10-15(2)12-17(11-14)20-8-6-16-13-18(22(3,4)5)7-9-19(16)21-20;1-14-7-6-8-18(15(14)2)20-11-9-16-13-17(22(3,4)5)10-12-19(16)21-20;1-14-6-5-7-15(12-14)18-10-8-16-13-17(21(2,3)4)9-11-19(16)20-18;2*1-10(2,3)8(12)7-9(13)11(4,5)6;1-6(9)7-4-2-3-5-8(7)10;1-4(5(2)7)6(3)8;;;;/h8,10-15H,1-7H3;6-11,13H,1-5H3;6-7,9-13H,1-5H3;5-6,8-13H,1-4H3;2*7,12H,1-6H3;10H,2-5H2,1H3;7H,1-3H3;;;;/q4*-1;;;;;;;;. The number of aliphatic hydroxyl groups excluding tert-OH is 4. The topological polar surface area (TPSA) is 201 Å². The van der Waals surface area contributed by atoms with E-state index in [0.29, 0.717) is 23.3 Å². The van der Waals surface area contributed by atoms with Gasteiger partial charge in [0.2, 0.25) is 0 Å². The quantitative estimate of drug-likeness (QED) is 0.0369. The number of hydrogen-bond donors (Lipinski definition) is 4. The second-order valence-electron chi connectivity index (χ2n) is 45.1. The fraction of sp³-hybridized carbons (Fsp3) is 0.385. The number of fused-ring (bicyclic) bond motifs is 4. The first-order valence-electron chi connectivity index (χ1n) is 46.9. The number of carbonyl (C=O) groups excluding carboxylic acids is 4. The Labute approximate surface area is 887 Å². The summed E-state index contributed by atoms with van der Waals surface area (Å²) in [4.78, 5) is 63.6. The number of pyridine rings is 4. The maximum atomic E-state index is 11.5. The summed E-state index contributed by atoms with van der Waals surface area (Å²) in [6.07, 6.45) is 6.18. The van der Waals surface area contributed by atoms with Crippen LogP contribution in [-0.2, 0) is 99.6 Å². The molecule has 0 fully saturated rings. The van der Waals surface area contributed by atoms with Crippen LogP contribution in [0.5, 0.6) is 0 Å². The molecule has 8 aromatic carbocycles. The van der Waals surface area contributed by atoms with E-state index < -0.39 is 51.2 Å². The zero-order valence-electron chi connectivity index (χ0n) is 89.3. The SMILES string of the molecule is CC(=O)C(C)=C(C)O.CC(=O)C1=C(O)CCCC1.CC(C)(C)C(=O)C=C(O)C(C)(C)C.CC(C)(C)C(=O)C=C(O)C(C)(C)C.Cc1[c-]c(-c2ccc3cc([Si](C)(C)C)ccc3n2)cc(C)c1.Cc1cc2cc([Si](C)(C)C)ccc2nc1-c1[c-]cc([Si](C)(C)C)cc1.Cc1cc[c-]c(-c2ccc3cc([Si](C)(C)C)ccc3n2)c1.Cc1cc[c-]c(-c2ccc3cc([Si](C)(C)C)ccc3n2)c1C.[Ir].[Ir].[Ir].[Ir]. The minimum absolute atomic E-state index is 0. The summed E-state index contributed by atoms with van der Waals surface area (Å²) in [5.41, 5.74) is 19.6. The second-order valence-corrected chi connectivity index (χ2v) is 70.4. The number of nitrogens with zero attached hydrogens (tertiary/aromatic N) is 4. The minimum Gasteiger partial charge on any atom is -0.512 e. The molecule has 0 spiro atoms. The minimum atomic E-state index is -1.30. The molecule has 4 aromatic heterocycles. The van der Waals surface area contributed by atoms with Gasteiger partial charge < -0.3 is 20.4 Å². The summed E-state index contributed by atoms with van der Waals surface area (Å²) >= 11 is 0. The van der Waals surface area contributed by atoms with Crippen molar-refractivity contribution in [3.05, 3.63) is 280 Å². The molecule has 1 aliphatic carbocycles. The van der Waals surface area contributed by atoms with Crippen molar-refractivity contribution >= 4 is 133 Å². The summed E-state index contributed by atoms with van der Waals surface area (Å²) in [7, 11) is -6.41. The molecule has 1 aliphatic rings. The van der Waals surface area contributed by atoms with Gasteiger partial charge in [-0.15, -0.1) is 140 Å². The average molecular weight is 2650 g/mol. The van der Waals surface area contributed by atoms with Crippen LogP contribution in [0.25, 0.3) is 88.6 Å². The van der Waals surface area contributed by atoms with Crippen molar-refractivity contribution in [1.29, 1.82) is 0 Å². The zero-order valence-corrected chi connectivity index (χ0v) is 104. The third-order valence-electron chi connectivity index (χ3n) is 23.4. The summed E-state index contributed by atoms with van der Waals surface area (Å²) in [6, 6.07) is 76.7. The maximum absolute atomic E-state index is 11.5. The molecule has 21 heteroatoms. The van der Waals surface area contributed by atoms with Crippen LogP contribution in [0.4, 0.5) is 0 Å². The van der Waals surface area contributed by atoms with Crippen LogP contribution < -0.4 is 25.9 Å². The Bertz CT molecular complexity index is 6260. The van der Waals surface area contributed by atoms with Crippen molar-refractivity contribution in [2.24, 2.45) is 21.7 Å². The van der Waals surface area contributed by atoms with Gasteiger partial charge >= 0.3 is 0 Å². The molecule has 4 heterocycles. The van der Waals surface area contributed by atoms with Crippen LogP contribution in [0.15, 0.2) is 222 Å². The third-order valence-corrected chi connectivity index (χ3v) is 33.6. The number of rotatable bonds is 13. The molecule has 4 N–H and O–H groups in total. The summed E-state index contributed by atoms with van der Waals surface area (Å²) in [6.45, 7) is 76.6. The normalized spacial score (nSPS) is 12.7. The van der Waals surface area contributed by atoms with E-state index in [-0.39, 0.29) is 132 Å². The molecule has 0 atom stereocenters. The van der Waals surface area contributed by atoms with Gasteiger partial charge in [-0.2, -0.15) is 0 Å². The van der Waals surface area contributed by atoms with E-state index >= 15 is 0 Å². The van der Waals surface area contributed by atoms with Crippen LogP contribution in [0.2, 0.25) is 98.2 Å². The van der Waals surface area contributed by atoms with E-state index in [0.717, 1.165) is 91.9 Å². The number of aromatic nitrogens is 4. The molecule has 12 aromatic rings. The summed E-state index contributed by atoms with van der Waals surface area (Å²) < 4.78 is 0. The predicted octanol–water partition coefficient (Wildman–Crippen LogP) is 28.9. The van der Waals surface area contributed by atoms with Crippen molar-refractivity contribution in [3.63, 3.8) is 0 Å². The molecule has 0 unspecified atom stereocenters. The van der Waals surface area contributed by atoms with Gasteiger partial charge in [-0.25, -0.2) is 0 Å². The first kappa shape index (κ1) is 126. The number of ketones is 4. The van der Waals surface area contributed by atoms with Gasteiger partial charge in [0.05, 0.1) is 65.9 Å². The van der Waals surface area contributed by atoms with Gasteiger partial charge in [-0.1, -0.05) is 333 Å². The van der Waals surface area contributed by atoms with E-state index in [9.17, 15) is 34.5 Å². The zero-order chi connectivity index (χ0) is 101. The number of hydrogen-bond acceptors (Lipinski definition) is 12. The fourth-order valence-electron chi connectivity index (χ4n) is 13.6. The number of aryl methyl sites for hydroxylation is 5. The van der Waals surface area contributed by atoms with Gasteiger partial charge in [0.25, 0.3) is 0 Å². The van der Waals surface area contributed by atoms with E-state index in [1.807, 2.05) is 95.2 Å². The molecule has 0 bridgehead atoms. The van der Waals surface area contributed by atoms with E-state index in [1.165, 1.54) is 108 Å². The van der Waals surface area contributed by atoms with Crippen molar-refractivity contribution < 1.29 is 120 Å². The van der Waals surface area contributed by atoms with Crippen molar-refractivity contribution in [2.45, 2.75) is 276 Å². The molecule has 13 rings (SSSR count). The molecular weight excluding hydrogens is 2500 g/mol. The predicted molar refractivity (Wildman–Crippen MR) is 587 cm³/mol. The Kier molecular flexibility index (Phi) is 48.2. The Balaban J connectivity index is 0.000000544. The monoisotopic (exact) mass is 2650 g/mol. The second kappa shape index (κ2) is 52.8. The van der Waals surface area contributed by atoms with Crippen molar-refractivity contribution in [2.75, 3.05) is 0 Å². The number of aliphatic hydroxyl groups is 4. The first-order chi connectivity index (χ1) is 61.5. The molecule has 0 saturated carbocycles. The number of Topliss-reactive ketones (excluding diaryl/α,β-unsaturated/α-hetero) is 2. The Morgan fingerprint density at radius 1 is 0.370 bits per heavy atom. The Hall–Kier alpha value is -8.08. The van der Waals surface area contributed by atoms with Crippen LogP contribution in [0.3, 0.4) is 0 Å². The molecular formula is C117H154Ir4N4O8Si5-4.